The molecule has 0 aliphatic carbocycles. The maximum absolute atomic E-state index is 13.9. The molecule has 0 saturated heterocycles. The van der Waals surface area contributed by atoms with Crippen molar-refractivity contribution in [3.05, 3.63) is 101 Å². The Morgan fingerprint density at radius 1 is 0.839 bits per heavy atom. The summed E-state index contributed by atoms with van der Waals surface area (Å²) < 4.78 is 51.8. The van der Waals surface area contributed by atoms with Crippen LogP contribution in [-0.2, 0) is 9.84 Å². The predicted molar refractivity (Wildman–Crippen MR) is 114 cm³/mol. The second-order valence-corrected chi connectivity index (χ2v) is 8.95. The molecule has 4 aromatic rings. The fraction of sp³-hybridized carbons (Fsp3) is 0.0435. The van der Waals surface area contributed by atoms with Gasteiger partial charge in [-0.1, -0.05) is 24.3 Å². The first-order chi connectivity index (χ1) is 14.7. The Labute approximate surface area is 177 Å². The van der Waals surface area contributed by atoms with Crippen LogP contribution in [0.3, 0.4) is 0 Å². The van der Waals surface area contributed by atoms with Crippen LogP contribution in [0.15, 0.2) is 88.7 Å². The lowest BCUT2D eigenvalue weighted by atomic mass is 9.97. The summed E-state index contributed by atoms with van der Waals surface area (Å²) >= 11 is 0. The van der Waals surface area contributed by atoms with Crippen LogP contribution in [0.4, 0.5) is 8.78 Å². The van der Waals surface area contributed by atoms with E-state index in [-0.39, 0.29) is 10.5 Å². The highest BCUT2D eigenvalue weighted by atomic mass is 32.2. The molecule has 0 amide bonds. The van der Waals surface area contributed by atoms with Crippen LogP contribution in [0.1, 0.15) is 0 Å². The summed E-state index contributed by atoms with van der Waals surface area (Å²) in [6, 6.07) is 16.9. The minimum absolute atomic E-state index is 0.135. The Morgan fingerprint density at radius 2 is 1.52 bits per heavy atom. The lowest BCUT2D eigenvalue weighted by Gasteiger charge is -2.13. The van der Waals surface area contributed by atoms with E-state index in [4.69, 9.17) is 0 Å². The van der Waals surface area contributed by atoms with Crippen molar-refractivity contribution in [3.63, 3.8) is 0 Å². The topological polar surface area (TPSA) is 69.0 Å². The average Bonchev–Trinajstić information content (AvgIpc) is 2.74. The van der Waals surface area contributed by atoms with E-state index in [9.17, 15) is 22.0 Å². The summed E-state index contributed by atoms with van der Waals surface area (Å²) in [5.41, 5.74) is 1.30. The van der Waals surface area contributed by atoms with Crippen molar-refractivity contribution in [2.24, 2.45) is 0 Å². The first-order valence-corrected chi connectivity index (χ1v) is 11.1. The number of nitrogens with zero attached hydrogens (tertiary/aromatic N) is 2. The molecule has 0 radical (unpaired) electrons. The highest BCUT2D eigenvalue weighted by molar-refractivity contribution is 7.90. The zero-order valence-electron chi connectivity index (χ0n) is 16.3. The Kier molecular flexibility index (Phi) is 5.24. The summed E-state index contributed by atoms with van der Waals surface area (Å²) in [6.07, 6.45) is 2.55. The van der Waals surface area contributed by atoms with E-state index in [1.807, 2.05) is 0 Å². The molecule has 31 heavy (non-hydrogen) atoms. The van der Waals surface area contributed by atoms with E-state index < -0.39 is 27.0 Å². The van der Waals surface area contributed by atoms with Gasteiger partial charge in [0.25, 0.3) is 5.56 Å². The molecule has 8 heteroatoms. The lowest BCUT2D eigenvalue weighted by molar-refractivity contribution is 0.602. The molecule has 156 valence electrons. The highest BCUT2D eigenvalue weighted by Gasteiger charge is 2.17. The summed E-state index contributed by atoms with van der Waals surface area (Å²) in [4.78, 5) is 13.5. The molecule has 0 spiro atoms. The van der Waals surface area contributed by atoms with Crippen LogP contribution in [-0.4, -0.2) is 24.5 Å². The third kappa shape index (κ3) is 4.15. The highest BCUT2D eigenvalue weighted by Crippen LogP contribution is 2.30. The van der Waals surface area contributed by atoms with Crippen LogP contribution >= 0.6 is 0 Å². The van der Waals surface area contributed by atoms with Crippen LogP contribution in [0.2, 0.25) is 0 Å². The second kappa shape index (κ2) is 7.88. The van der Waals surface area contributed by atoms with E-state index in [0.29, 0.717) is 22.4 Å². The fourth-order valence-electron chi connectivity index (χ4n) is 3.24. The number of halogens is 2. The van der Waals surface area contributed by atoms with Crippen LogP contribution in [0.25, 0.3) is 27.9 Å². The molecule has 4 rings (SSSR count). The second-order valence-electron chi connectivity index (χ2n) is 6.93. The van der Waals surface area contributed by atoms with Gasteiger partial charge in [-0.15, -0.1) is 0 Å². The summed E-state index contributed by atoms with van der Waals surface area (Å²) in [7, 11) is -3.39. The van der Waals surface area contributed by atoms with Gasteiger partial charge in [0.1, 0.15) is 11.6 Å². The number of hydrogen-bond acceptors (Lipinski definition) is 4. The maximum atomic E-state index is 13.9. The van der Waals surface area contributed by atoms with Crippen molar-refractivity contribution in [1.29, 1.82) is 0 Å². The molecule has 0 bridgehead atoms. The molecular weight excluding hydrogens is 422 g/mol. The van der Waals surface area contributed by atoms with Crippen molar-refractivity contribution < 1.29 is 17.2 Å². The molecule has 0 atom stereocenters. The quantitative estimate of drug-likeness (QED) is 0.478. The van der Waals surface area contributed by atoms with Gasteiger partial charge in [-0.25, -0.2) is 17.2 Å². The minimum Gasteiger partial charge on any atom is -0.267 e. The summed E-state index contributed by atoms with van der Waals surface area (Å²) in [5.74, 6) is -0.967. The molecule has 1 aromatic heterocycles. The Bertz CT molecular complexity index is 1430. The summed E-state index contributed by atoms with van der Waals surface area (Å²) in [6.45, 7) is 0. The lowest BCUT2D eigenvalue weighted by Crippen LogP contribution is -2.23. The van der Waals surface area contributed by atoms with Gasteiger partial charge in [0.15, 0.2) is 9.84 Å². The van der Waals surface area contributed by atoms with E-state index in [1.165, 1.54) is 60.8 Å². The Balaban J connectivity index is 1.96. The molecule has 3 aromatic carbocycles. The van der Waals surface area contributed by atoms with Gasteiger partial charge in [-0.3, -0.25) is 4.79 Å². The molecule has 5 nitrogen and oxygen atoms in total. The normalized spacial score (nSPS) is 11.5. The van der Waals surface area contributed by atoms with Crippen molar-refractivity contribution in [1.82, 2.24) is 9.78 Å². The third-order valence-electron chi connectivity index (χ3n) is 4.76. The smallest absolute Gasteiger partial charge is 0.267 e. The number of hydrogen-bond donors (Lipinski definition) is 0. The van der Waals surface area contributed by atoms with Gasteiger partial charge >= 0.3 is 0 Å². The van der Waals surface area contributed by atoms with Crippen molar-refractivity contribution in [2.75, 3.05) is 6.26 Å². The van der Waals surface area contributed by atoms with Gasteiger partial charge < -0.3 is 0 Å². The Hall–Kier alpha value is -3.65. The van der Waals surface area contributed by atoms with Gasteiger partial charge in [-0.05, 0) is 59.7 Å². The van der Waals surface area contributed by atoms with Crippen molar-refractivity contribution >= 4 is 9.84 Å². The van der Waals surface area contributed by atoms with Gasteiger partial charge in [0.05, 0.1) is 22.3 Å². The number of rotatable bonds is 4. The van der Waals surface area contributed by atoms with Gasteiger partial charge in [0, 0.05) is 11.8 Å². The first kappa shape index (κ1) is 20.6. The monoisotopic (exact) mass is 438 g/mol. The minimum atomic E-state index is -3.39. The Morgan fingerprint density at radius 3 is 2.13 bits per heavy atom. The zero-order chi connectivity index (χ0) is 22.2. The van der Waals surface area contributed by atoms with E-state index in [2.05, 4.69) is 5.10 Å². The molecule has 0 fully saturated rings. The summed E-state index contributed by atoms with van der Waals surface area (Å²) in [5, 5.41) is 4.20. The largest absolute Gasteiger partial charge is 0.280 e. The molecule has 0 N–H and O–H groups in total. The zero-order valence-corrected chi connectivity index (χ0v) is 17.1. The van der Waals surface area contributed by atoms with Crippen molar-refractivity contribution in [3.8, 4) is 27.9 Å². The van der Waals surface area contributed by atoms with Crippen molar-refractivity contribution in [2.45, 2.75) is 4.90 Å². The molecule has 0 aliphatic rings. The first-order valence-electron chi connectivity index (χ1n) is 9.19. The molecule has 0 saturated carbocycles. The van der Waals surface area contributed by atoms with Crippen LogP contribution in [0, 0.1) is 11.6 Å². The van der Waals surface area contributed by atoms with Crippen LogP contribution in [0.5, 0.6) is 0 Å². The molecular formula is C23H16F2N2O3S. The van der Waals surface area contributed by atoms with Gasteiger partial charge in [-0.2, -0.15) is 9.78 Å². The third-order valence-corrected chi connectivity index (χ3v) is 5.88. The van der Waals surface area contributed by atoms with E-state index in [0.717, 1.165) is 10.9 Å². The number of aromatic nitrogens is 2. The van der Waals surface area contributed by atoms with E-state index >= 15 is 0 Å². The standard InChI is InChI=1S/C23H16F2N2O3S/c1-31(29,30)20-11-5-15(6-12-20)21-14-26-27(19-9-7-17(24)8-10-19)23(28)22(21)16-3-2-4-18(25)13-16/h2-14H,1H3. The maximum Gasteiger partial charge on any atom is 0.280 e. The van der Waals surface area contributed by atoms with Crippen LogP contribution < -0.4 is 5.56 Å². The van der Waals surface area contributed by atoms with Gasteiger partial charge in [0.2, 0.25) is 0 Å². The average molecular weight is 438 g/mol. The fourth-order valence-corrected chi connectivity index (χ4v) is 3.87. The molecule has 0 unspecified atom stereocenters. The molecule has 0 aliphatic heterocycles. The number of sulfone groups is 1. The van der Waals surface area contributed by atoms with E-state index in [1.54, 1.807) is 18.2 Å². The SMILES string of the molecule is CS(=O)(=O)c1ccc(-c2cnn(-c3ccc(F)cc3)c(=O)c2-c2cccc(F)c2)cc1. The predicted octanol–water partition coefficient (Wildman–Crippen LogP) is 4.25. The number of benzene rings is 3. The molecule has 1 heterocycles.